The average Bonchev–Trinajstić information content (AvgIpc) is 3.39. The molecule has 0 atom stereocenters. The Morgan fingerprint density at radius 3 is 2.45 bits per heavy atom. The number of carboxylic acids is 1. The number of aromatic nitrogens is 4. The van der Waals surface area contributed by atoms with Gasteiger partial charge in [0.15, 0.2) is 0 Å². The Balaban J connectivity index is 1.44. The number of anilines is 2. The number of hydrogen-bond donors (Lipinski definition) is 2. The maximum atomic E-state index is 14.1. The number of ether oxygens (including phenoxy) is 1. The van der Waals surface area contributed by atoms with E-state index in [2.05, 4.69) is 10.3 Å². The molecule has 0 unspecified atom stereocenters. The molecule has 0 aliphatic heterocycles. The summed E-state index contributed by atoms with van der Waals surface area (Å²) < 4.78 is 22.7. The van der Waals surface area contributed by atoms with Crippen LogP contribution >= 0.6 is 0 Å². The van der Waals surface area contributed by atoms with Crippen molar-refractivity contribution >= 4 is 28.6 Å². The van der Waals surface area contributed by atoms with Gasteiger partial charge in [-0.15, -0.1) is 0 Å². The first-order valence-corrected chi connectivity index (χ1v) is 13.9. The minimum atomic E-state index is -1.06. The first-order valence-electron chi connectivity index (χ1n) is 13.9. The van der Waals surface area contributed by atoms with Crippen molar-refractivity contribution in [3.05, 3.63) is 136 Å². The summed E-state index contributed by atoms with van der Waals surface area (Å²) in [5.74, 6) is -0.618. The third-order valence-corrected chi connectivity index (χ3v) is 7.26. The van der Waals surface area contributed by atoms with E-state index in [9.17, 15) is 19.1 Å². The van der Waals surface area contributed by atoms with E-state index < -0.39 is 5.97 Å². The SMILES string of the molecule is Cc1nc(Nc2cc(C(=O)O)n(C)c2)nc2c1cc(-c1cccc(OCc3ccccc3)c1)c(=O)n2Cc1ccc(F)cc1. The Kier molecular flexibility index (Phi) is 7.63. The van der Waals surface area contributed by atoms with Crippen LogP contribution in [0.25, 0.3) is 22.2 Å². The molecule has 0 spiro atoms. The van der Waals surface area contributed by atoms with Crippen molar-refractivity contribution in [2.75, 3.05) is 5.32 Å². The van der Waals surface area contributed by atoms with Gasteiger partial charge in [-0.2, -0.15) is 4.98 Å². The van der Waals surface area contributed by atoms with Crippen molar-refractivity contribution < 1.29 is 19.0 Å². The number of hydrogen-bond acceptors (Lipinski definition) is 6. The molecule has 0 saturated carbocycles. The Hall–Kier alpha value is -5.77. The van der Waals surface area contributed by atoms with Crippen LogP contribution in [-0.2, 0) is 20.2 Å². The number of carboxylic acid groups (broad SMARTS) is 1. The van der Waals surface area contributed by atoms with Crippen LogP contribution in [0.2, 0.25) is 0 Å². The molecule has 6 aromatic rings. The van der Waals surface area contributed by atoms with Crippen LogP contribution in [-0.4, -0.2) is 30.2 Å². The summed E-state index contributed by atoms with van der Waals surface area (Å²) >= 11 is 0. The van der Waals surface area contributed by atoms with Crippen LogP contribution < -0.4 is 15.6 Å². The van der Waals surface area contributed by atoms with E-state index in [0.29, 0.717) is 51.5 Å². The number of benzene rings is 3. The van der Waals surface area contributed by atoms with Crippen molar-refractivity contribution in [2.24, 2.45) is 7.05 Å². The second-order valence-electron chi connectivity index (χ2n) is 10.4. The van der Waals surface area contributed by atoms with Gasteiger partial charge in [0.05, 0.1) is 17.9 Å². The first kappa shape index (κ1) is 28.4. The normalized spacial score (nSPS) is 11.1. The third-order valence-electron chi connectivity index (χ3n) is 7.26. The van der Waals surface area contributed by atoms with Crippen LogP contribution in [0.1, 0.15) is 27.3 Å². The molecule has 0 aliphatic carbocycles. The van der Waals surface area contributed by atoms with Crippen LogP contribution in [0.5, 0.6) is 5.75 Å². The van der Waals surface area contributed by atoms with Crippen LogP contribution in [0.15, 0.2) is 102 Å². The molecule has 0 amide bonds. The molecule has 0 saturated heterocycles. The lowest BCUT2D eigenvalue weighted by atomic mass is 10.0. The highest BCUT2D eigenvalue weighted by Gasteiger charge is 2.18. The Morgan fingerprint density at radius 1 is 0.955 bits per heavy atom. The van der Waals surface area contributed by atoms with E-state index in [0.717, 1.165) is 5.56 Å². The number of nitrogens with one attached hydrogen (secondary N) is 1. The van der Waals surface area contributed by atoms with Gasteiger partial charge in [-0.1, -0.05) is 54.6 Å². The van der Waals surface area contributed by atoms with Gasteiger partial charge in [0, 0.05) is 24.2 Å². The summed E-state index contributed by atoms with van der Waals surface area (Å²) in [6, 6.07) is 26.4. The van der Waals surface area contributed by atoms with Gasteiger partial charge in [-0.25, -0.2) is 14.2 Å². The highest BCUT2D eigenvalue weighted by molar-refractivity contribution is 5.88. The molecule has 6 rings (SSSR count). The highest BCUT2D eigenvalue weighted by atomic mass is 19.1. The molecule has 220 valence electrons. The lowest BCUT2D eigenvalue weighted by Gasteiger charge is -2.16. The van der Waals surface area contributed by atoms with Crippen LogP contribution in [0.4, 0.5) is 16.0 Å². The number of nitrogens with zero attached hydrogens (tertiary/aromatic N) is 4. The van der Waals surface area contributed by atoms with E-state index in [-0.39, 0.29) is 29.6 Å². The summed E-state index contributed by atoms with van der Waals surface area (Å²) in [7, 11) is 1.63. The number of fused-ring (bicyclic) bond motifs is 1. The van der Waals surface area contributed by atoms with E-state index in [1.807, 2.05) is 61.5 Å². The summed E-state index contributed by atoms with van der Waals surface area (Å²) in [6.07, 6.45) is 1.62. The van der Waals surface area contributed by atoms with Gasteiger partial charge in [0.1, 0.15) is 29.5 Å². The average molecular weight is 590 g/mol. The predicted molar refractivity (Wildman–Crippen MR) is 166 cm³/mol. The largest absolute Gasteiger partial charge is 0.489 e. The summed E-state index contributed by atoms with van der Waals surface area (Å²) in [4.78, 5) is 35.0. The Bertz CT molecular complexity index is 2050. The summed E-state index contributed by atoms with van der Waals surface area (Å²) in [6.45, 7) is 2.34. The number of pyridine rings is 1. The third kappa shape index (κ3) is 5.91. The van der Waals surface area contributed by atoms with Gasteiger partial charge < -0.3 is 19.7 Å². The number of carbonyl (C=O) groups is 1. The highest BCUT2D eigenvalue weighted by Crippen LogP contribution is 2.27. The van der Waals surface area contributed by atoms with E-state index in [1.54, 1.807) is 36.0 Å². The number of aromatic carboxylic acids is 1. The van der Waals surface area contributed by atoms with Gasteiger partial charge in [0.25, 0.3) is 5.56 Å². The molecular weight excluding hydrogens is 561 g/mol. The van der Waals surface area contributed by atoms with Gasteiger partial charge in [-0.05, 0) is 60.0 Å². The van der Waals surface area contributed by atoms with E-state index >= 15 is 0 Å². The first-order chi connectivity index (χ1) is 21.2. The molecular formula is C34H28FN5O4. The molecule has 2 N–H and O–H groups in total. The Labute approximate surface area is 251 Å². The zero-order valence-electron chi connectivity index (χ0n) is 24.0. The maximum Gasteiger partial charge on any atom is 0.352 e. The second-order valence-corrected chi connectivity index (χ2v) is 10.4. The quantitative estimate of drug-likeness (QED) is 0.203. The van der Waals surface area contributed by atoms with Crippen molar-refractivity contribution in [1.29, 1.82) is 0 Å². The molecule has 0 radical (unpaired) electrons. The fraction of sp³-hybridized carbons (Fsp3) is 0.118. The molecule has 44 heavy (non-hydrogen) atoms. The molecule has 0 bridgehead atoms. The molecule has 0 fully saturated rings. The fourth-order valence-electron chi connectivity index (χ4n) is 5.04. The minimum absolute atomic E-state index is 0.0952. The van der Waals surface area contributed by atoms with Crippen molar-refractivity contribution in [2.45, 2.75) is 20.1 Å². The lowest BCUT2D eigenvalue weighted by molar-refractivity contribution is 0.0686. The van der Waals surface area contributed by atoms with Crippen molar-refractivity contribution in [3.8, 4) is 16.9 Å². The fourth-order valence-corrected chi connectivity index (χ4v) is 5.04. The summed E-state index contributed by atoms with van der Waals surface area (Å²) in [5, 5.41) is 13.1. The summed E-state index contributed by atoms with van der Waals surface area (Å²) in [5.41, 5.74) is 4.12. The molecule has 3 heterocycles. The number of aryl methyl sites for hydroxylation is 2. The van der Waals surface area contributed by atoms with Gasteiger partial charge in [0.2, 0.25) is 5.95 Å². The smallest absolute Gasteiger partial charge is 0.352 e. The topological polar surface area (TPSA) is 111 Å². The predicted octanol–water partition coefficient (Wildman–Crippen LogP) is 6.31. The molecule has 10 heteroatoms. The molecule has 0 aliphatic rings. The molecule has 3 aromatic carbocycles. The lowest BCUT2D eigenvalue weighted by Crippen LogP contribution is -2.24. The Morgan fingerprint density at radius 2 is 1.73 bits per heavy atom. The number of rotatable bonds is 9. The molecule has 9 nitrogen and oxygen atoms in total. The maximum absolute atomic E-state index is 14.1. The number of halogens is 1. The zero-order chi connectivity index (χ0) is 30.8. The van der Waals surface area contributed by atoms with E-state index in [4.69, 9.17) is 9.72 Å². The van der Waals surface area contributed by atoms with Crippen molar-refractivity contribution in [1.82, 2.24) is 19.1 Å². The van der Waals surface area contributed by atoms with Crippen molar-refractivity contribution in [3.63, 3.8) is 0 Å². The van der Waals surface area contributed by atoms with Crippen LogP contribution in [0.3, 0.4) is 0 Å². The standard InChI is InChI=1S/C34H28FN5O4/c1-21-28-17-29(24-9-6-10-27(15-24)44-20-23-7-4-3-5-8-23)32(41)40(18-22-11-13-25(35)14-12-22)31(28)38-34(36-21)37-26-16-30(33(42)43)39(2)19-26/h3-17,19H,18,20H2,1-2H3,(H,42,43)(H,36,37,38). The minimum Gasteiger partial charge on any atom is -0.489 e. The molecule has 3 aromatic heterocycles. The van der Waals surface area contributed by atoms with Gasteiger partial charge in [-0.3, -0.25) is 9.36 Å². The van der Waals surface area contributed by atoms with E-state index in [1.165, 1.54) is 22.8 Å². The van der Waals surface area contributed by atoms with Gasteiger partial charge >= 0.3 is 5.97 Å². The van der Waals surface area contributed by atoms with Crippen LogP contribution in [0, 0.1) is 12.7 Å². The second kappa shape index (κ2) is 11.8. The zero-order valence-corrected chi connectivity index (χ0v) is 24.0. The monoisotopic (exact) mass is 589 g/mol.